The molecule has 10 nitrogen and oxygen atoms in total. The van der Waals surface area contributed by atoms with Crippen LogP contribution in [0.5, 0.6) is 0 Å². The molecule has 0 bridgehead atoms. The average molecular weight is 645 g/mol. The summed E-state index contributed by atoms with van der Waals surface area (Å²) < 4.78 is 28.1. The van der Waals surface area contributed by atoms with Crippen molar-refractivity contribution in [2.24, 2.45) is 5.41 Å². The van der Waals surface area contributed by atoms with Crippen molar-refractivity contribution in [3.63, 3.8) is 0 Å². The van der Waals surface area contributed by atoms with Gasteiger partial charge in [-0.15, -0.1) is 0 Å². The zero-order valence-corrected chi connectivity index (χ0v) is 26.2. The number of nitrogens with one attached hydrogen (secondary N) is 3. The van der Waals surface area contributed by atoms with Crippen molar-refractivity contribution in [3.8, 4) is 0 Å². The maximum absolute atomic E-state index is 13.7. The van der Waals surface area contributed by atoms with Crippen LogP contribution in [0.2, 0.25) is 15.1 Å². The molecule has 0 unspecified atom stereocenters. The third kappa shape index (κ3) is 6.29. The summed E-state index contributed by atoms with van der Waals surface area (Å²) >= 11 is 17.9. The van der Waals surface area contributed by atoms with E-state index in [1.165, 1.54) is 25.1 Å². The number of amides is 4. The fourth-order valence-corrected chi connectivity index (χ4v) is 7.19. The number of halogens is 3. The first-order valence-electron chi connectivity index (χ1n) is 12.9. The van der Waals surface area contributed by atoms with Crippen molar-refractivity contribution in [1.82, 2.24) is 19.8 Å². The first-order chi connectivity index (χ1) is 18.9. The lowest BCUT2D eigenvalue weighted by Gasteiger charge is -2.69. The number of hydrogen-bond acceptors (Lipinski definition) is 5. The number of benzene rings is 2. The molecule has 0 spiro atoms. The van der Waals surface area contributed by atoms with E-state index in [-0.39, 0.29) is 40.0 Å². The summed E-state index contributed by atoms with van der Waals surface area (Å²) in [7, 11) is -4.12. The van der Waals surface area contributed by atoms with Crippen molar-refractivity contribution in [1.29, 1.82) is 0 Å². The lowest BCUT2D eigenvalue weighted by Crippen LogP contribution is -2.89. The number of hydrogen-bond donors (Lipinski definition) is 3. The average Bonchev–Trinajstić information content (AvgIpc) is 2.87. The van der Waals surface area contributed by atoms with Crippen LogP contribution in [0.3, 0.4) is 0 Å². The Hall–Kier alpha value is -2.57. The number of carbonyl (C=O) groups is 3. The molecule has 2 aliphatic rings. The van der Waals surface area contributed by atoms with Gasteiger partial charge in [0, 0.05) is 28.8 Å². The van der Waals surface area contributed by atoms with Crippen LogP contribution in [-0.2, 0) is 19.6 Å². The molecular formula is C27H32Cl3N5O5S. The maximum Gasteiger partial charge on any atom is 0.319 e. The molecule has 0 saturated carbocycles. The number of anilines is 1. The van der Waals surface area contributed by atoms with Gasteiger partial charge in [-0.1, -0.05) is 55.6 Å². The molecule has 0 aliphatic carbocycles. The SMILES string of the molecule is C[C@H](NS(=O)(=O)c1cc(Cl)ccc1Cl)C(=O)N1C[C@]2(C)[C@H]1CN2C(=O)[C@@H](NC(=O)Nc1ccc(Cl)cc1)C(C)(C)C. The Morgan fingerprint density at radius 3 is 2.17 bits per heavy atom. The number of nitrogens with zero attached hydrogens (tertiary/aromatic N) is 2. The molecule has 0 radical (unpaired) electrons. The van der Waals surface area contributed by atoms with Crippen LogP contribution < -0.4 is 15.4 Å². The lowest BCUT2D eigenvalue weighted by atomic mass is 9.70. The van der Waals surface area contributed by atoms with Crippen molar-refractivity contribution in [2.45, 2.75) is 63.2 Å². The molecule has 41 heavy (non-hydrogen) atoms. The van der Waals surface area contributed by atoms with E-state index in [0.29, 0.717) is 10.7 Å². The summed E-state index contributed by atoms with van der Waals surface area (Å²) in [5, 5.41) is 6.21. The minimum Gasteiger partial charge on any atom is -0.332 e. The summed E-state index contributed by atoms with van der Waals surface area (Å²) in [6.07, 6.45) is 0. The van der Waals surface area contributed by atoms with Crippen LogP contribution in [0.4, 0.5) is 10.5 Å². The van der Waals surface area contributed by atoms with E-state index >= 15 is 0 Å². The van der Waals surface area contributed by atoms with Gasteiger partial charge >= 0.3 is 6.03 Å². The largest absolute Gasteiger partial charge is 0.332 e. The maximum atomic E-state index is 13.7. The fraction of sp³-hybridized carbons (Fsp3) is 0.444. The third-order valence-corrected chi connectivity index (χ3v) is 9.99. The number of sulfonamides is 1. The number of piperazine rings is 1. The predicted octanol–water partition coefficient (Wildman–Crippen LogP) is 4.36. The topological polar surface area (TPSA) is 128 Å². The number of likely N-dealkylation sites (tertiary alicyclic amines) is 2. The second-order valence-corrected chi connectivity index (χ2v) is 14.6. The van der Waals surface area contributed by atoms with E-state index in [2.05, 4.69) is 15.4 Å². The van der Waals surface area contributed by atoms with Crippen LogP contribution in [0.25, 0.3) is 0 Å². The molecule has 2 aromatic carbocycles. The van der Waals surface area contributed by atoms with Gasteiger partial charge in [-0.25, -0.2) is 13.2 Å². The Morgan fingerprint density at radius 2 is 1.61 bits per heavy atom. The summed E-state index contributed by atoms with van der Waals surface area (Å²) in [6.45, 7) is 9.37. The third-order valence-electron chi connectivity index (χ3n) is 7.48. The summed E-state index contributed by atoms with van der Waals surface area (Å²) in [6, 6.07) is 7.91. The smallest absolute Gasteiger partial charge is 0.319 e. The lowest BCUT2D eigenvalue weighted by molar-refractivity contribution is -0.207. The molecular weight excluding hydrogens is 613 g/mol. The molecule has 2 heterocycles. The normalized spacial score (nSPS) is 21.6. The molecule has 2 aliphatic heterocycles. The van der Waals surface area contributed by atoms with E-state index < -0.39 is 45.0 Å². The Labute approximate surface area is 254 Å². The van der Waals surface area contributed by atoms with Gasteiger partial charge in [0.15, 0.2) is 0 Å². The highest BCUT2D eigenvalue weighted by Crippen LogP contribution is 2.45. The number of rotatable bonds is 7. The monoisotopic (exact) mass is 643 g/mol. The molecule has 2 fully saturated rings. The minimum atomic E-state index is -4.12. The van der Waals surface area contributed by atoms with Gasteiger partial charge in [-0.3, -0.25) is 9.59 Å². The highest BCUT2D eigenvalue weighted by Gasteiger charge is 2.65. The number of fused-ring (bicyclic) bond motifs is 1. The highest BCUT2D eigenvalue weighted by molar-refractivity contribution is 7.89. The second kappa shape index (κ2) is 11.3. The van der Waals surface area contributed by atoms with Gasteiger partial charge in [0.25, 0.3) is 0 Å². The number of carbonyl (C=O) groups excluding carboxylic acids is 3. The van der Waals surface area contributed by atoms with Gasteiger partial charge in [0.1, 0.15) is 10.9 Å². The standard InChI is InChI=1S/C27H32Cl3N5O5S/c1-15(33-41(39,40)20-12-17(29)8-11-19(20)30)23(36)34-14-27(5)21(34)13-35(27)24(37)22(26(2,3)4)32-25(38)31-18-9-6-16(28)7-10-18/h6-12,15,21-22,33H,13-14H2,1-5H3,(H2,31,32,38)/t15-,21+,22+,27+/m0/s1. The van der Waals surface area contributed by atoms with Crippen LogP contribution >= 0.6 is 34.8 Å². The van der Waals surface area contributed by atoms with Gasteiger partial charge in [-0.2, -0.15) is 4.72 Å². The van der Waals surface area contributed by atoms with Crippen LogP contribution in [-0.4, -0.2) is 72.8 Å². The molecule has 3 N–H and O–H groups in total. The fourth-order valence-electron chi connectivity index (χ4n) is 5.10. The molecule has 4 amide bonds. The van der Waals surface area contributed by atoms with E-state index in [4.69, 9.17) is 34.8 Å². The van der Waals surface area contributed by atoms with Gasteiger partial charge in [0.05, 0.1) is 22.6 Å². The molecule has 2 saturated heterocycles. The molecule has 2 aromatic rings. The van der Waals surface area contributed by atoms with E-state index in [1.54, 1.807) is 34.1 Å². The zero-order valence-electron chi connectivity index (χ0n) is 23.2. The van der Waals surface area contributed by atoms with Crippen molar-refractivity contribution < 1.29 is 22.8 Å². The first kappa shape index (κ1) is 31.4. The van der Waals surface area contributed by atoms with Crippen LogP contribution in [0, 0.1) is 5.41 Å². The summed E-state index contributed by atoms with van der Waals surface area (Å²) in [4.78, 5) is 42.6. The highest BCUT2D eigenvalue weighted by atomic mass is 35.5. The minimum absolute atomic E-state index is 0.0184. The molecule has 4 atom stereocenters. The van der Waals surface area contributed by atoms with Crippen molar-refractivity contribution in [2.75, 3.05) is 18.4 Å². The quantitative estimate of drug-likeness (QED) is 0.413. The Kier molecular flexibility index (Phi) is 8.61. The van der Waals surface area contributed by atoms with Crippen LogP contribution in [0.1, 0.15) is 34.6 Å². The van der Waals surface area contributed by atoms with Gasteiger partial charge in [0.2, 0.25) is 21.8 Å². The van der Waals surface area contributed by atoms with Gasteiger partial charge < -0.3 is 20.4 Å². The Morgan fingerprint density at radius 1 is 1.00 bits per heavy atom. The molecule has 4 rings (SSSR count). The van der Waals surface area contributed by atoms with E-state index in [0.717, 1.165) is 0 Å². The van der Waals surface area contributed by atoms with Gasteiger partial charge in [-0.05, 0) is 61.7 Å². The first-order valence-corrected chi connectivity index (χ1v) is 15.5. The van der Waals surface area contributed by atoms with E-state index in [1.807, 2.05) is 27.7 Å². The molecule has 222 valence electrons. The molecule has 0 aromatic heterocycles. The number of urea groups is 1. The van der Waals surface area contributed by atoms with Crippen molar-refractivity contribution in [3.05, 3.63) is 57.5 Å². The Balaban J connectivity index is 1.39. The second-order valence-electron chi connectivity index (χ2n) is 11.6. The predicted molar refractivity (Wildman–Crippen MR) is 159 cm³/mol. The summed E-state index contributed by atoms with van der Waals surface area (Å²) in [5.74, 6) is -0.687. The summed E-state index contributed by atoms with van der Waals surface area (Å²) in [5.41, 5.74) is -0.721. The van der Waals surface area contributed by atoms with E-state index in [9.17, 15) is 22.8 Å². The zero-order chi connectivity index (χ0) is 30.5. The van der Waals surface area contributed by atoms with Crippen LogP contribution in [0.15, 0.2) is 47.4 Å². The molecule has 14 heteroatoms. The van der Waals surface area contributed by atoms with Crippen molar-refractivity contribution >= 4 is 68.4 Å². The Bertz CT molecular complexity index is 1480.